The maximum Gasteiger partial charge on any atom is 0.192 e. The lowest BCUT2D eigenvalue weighted by molar-refractivity contribution is 0.453. The molecule has 0 saturated carbocycles. The van der Waals surface area contributed by atoms with Gasteiger partial charge >= 0.3 is 0 Å². The van der Waals surface area contributed by atoms with Gasteiger partial charge in [0.1, 0.15) is 0 Å². The van der Waals surface area contributed by atoms with E-state index in [0.29, 0.717) is 6.54 Å². The van der Waals surface area contributed by atoms with Gasteiger partial charge in [0.2, 0.25) is 0 Å². The Morgan fingerprint density at radius 2 is 2.00 bits per heavy atom. The van der Waals surface area contributed by atoms with Crippen LogP contribution in [0.25, 0.3) is 0 Å². The number of nitrogens with two attached hydrogens (primary N) is 1. The van der Waals surface area contributed by atoms with Crippen LogP contribution in [0.5, 0.6) is 0 Å². The Kier molecular flexibility index (Phi) is 2.72. The third-order valence-electron chi connectivity index (χ3n) is 2.60. The summed E-state index contributed by atoms with van der Waals surface area (Å²) in [5.74, 6) is 0.129. The van der Waals surface area contributed by atoms with E-state index in [4.69, 9.17) is 11.1 Å². The Bertz CT molecular complexity index is 381. The summed E-state index contributed by atoms with van der Waals surface area (Å²) in [5, 5.41) is 7.53. The van der Waals surface area contributed by atoms with Gasteiger partial charge in [-0.15, -0.1) is 0 Å². The molecular formula is C12H15N3. The summed E-state index contributed by atoms with van der Waals surface area (Å²) in [4.78, 5) is 1.86. The predicted molar refractivity (Wildman–Crippen MR) is 61.2 cm³/mol. The molecule has 2 rings (SSSR count). The Morgan fingerprint density at radius 3 is 2.47 bits per heavy atom. The number of nitrogens with one attached hydrogen (secondary N) is 1. The smallest absolute Gasteiger partial charge is 0.192 e. The molecular weight excluding hydrogens is 186 g/mol. The number of nitrogens with zero attached hydrogens (tertiary/aromatic N) is 1. The van der Waals surface area contributed by atoms with E-state index in [9.17, 15) is 0 Å². The number of rotatable bonds is 3. The minimum atomic E-state index is 0.129. The molecule has 0 aromatic heterocycles. The number of hydrogen-bond donors (Lipinski definition) is 2. The first-order valence-corrected chi connectivity index (χ1v) is 5.12. The molecule has 0 saturated heterocycles. The van der Waals surface area contributed by atoms with Gasteiger partial charge in [0.15, 0.2) is 5.96 Å². The number of allylic oxidation sites excluding steroid dienone is 2. The Morgan fingerprint density at radius 1 is 1.33 bits per heavy atom. The predicted octanol–water partition coefficient (Wildman–Crippen LogP) is 2.06. The minimum absolute atomic E-state index is 0.129. The molecule has 0 fully saturated rings. The second-order valence-corrected chi connectivity index (χ2v) is 3.69. The second-order valence-electron chi connectivity index (χ2n) is 3.69. The summed E-state index contributed by atoms with van der Waals surface area (Å²) in [6.45, 7) is 0.696. The van der Waals surface area contributed by atoms with Gasteiger partial charge in [-0.05, 0) is 18.4 Å². The first kappa shape index (κ1) is 9.77. The highest BCUT2D eigenvalue weighted by Crippen LogP contribution is 2.23. The van der Waals surface area contributed by atoms with Crippen LogP contribution in [0.3, 0.4) is 0 Å². The molecule has 3 heteroatoms. The van der Waals surface area contributed by atoms with Crippen LogP contribution in [-0.2, 0) is 6.54 Å². The van der Waals surface area contributed by atoms with Crippen molar-refractivity contribution in [2.24, 2.45) is 5.73 Å². The van der Waals surface area contributed by atoms with Gasteiger partial charge in [-0.1, -0.05) is 36.4 Å². The van der Waals surface area contributed by atoms with Crippen LogP contribution >= 0.6 is 0 Å². The van der Waals surface area contributed by atoms with Crippen LogP contribution in [-0.4, -0.2) is 10.9 Å². The molecule has 0 spiro atoms. The van der Waals surface area contributed by atoms with Crippen molar-refractivity contribution < 1.29 is 0 Å². The molecule has 78 valence electrons. The van der Waals surface area contributed by atoms with Crippen LogP contribution in [0.2, 0.25) is 0 Å². The number of hydrogen-bond acceptors (Lipinski definition) is 1. The first-order valence-electron chi connectivity index (χ1n) is 5.12. The second kappa shape index (κ2) is 4.17. The van der Waals surface area contributed by atoms with E-state index in [1.54, 1.807) is 0 Å². The van der Waals surface area contributed by atoms with Gasteiger partial charge in [0.25, 0.3) is 0 Å². The van der Waals surface area contributed by atoms with Crippen molar-refractivity contribution in [2.75, 3.05) is 0 Å². The van der Waals surface area contributed by atoms with E-state index in [-0.39, 0.29) is 5.96 Å². The quantitative estimate of drug-likeness (QED) is 0.581. The maximum absolute atomic E-state index is 7.53. The lowest BCUT2D eigenvalue weighted by Crippen LogP contribution is -2.36. The van der Waals surface area contributed by atoms with Crippen LogP contribution in [0.15, 0.2) is 42.1 Å². The molecule has 15 heavy (non-hydrogen) atoms. The molecule has 0 aliphatic heterocycles. The molecule has 0 amide bonds. The van der Waals surface area contributed by atoms with Crippen molar-refractivity contribution in [3.05, 3.63) is 47.7 Å². The minimum Gasteiger partial charge on any atom is -0.370 e. The van der Waals surface area contributed by atoms with Gasteiger partial charge in [0, 0.05) is 5.70 Å². The van der Waals surface area contributed by atoms with Crippen molar-refractivity contribution in [3.8, 4) is 0 Å². The third kappa shape index (κ3) is 2.18. The van der Waals surface area contributed by atoms with Crippen LogP contribution in [0.4, 0.5) is 0 Å². The number of guanidine groups is 1. The standard InChI is InChI=1S/C12H15N3/c13-12(14)15(11-7-4-8-11)9-10-5-2-1-3-6-10/h1-3,5-7H,4,8-9H2,(H3,13,14). The summed E-state index contributed by atoms with van der Waals surface area (Å²) in [6, 6.07) is 10.1. The summed E-state index contributed by atoms with van der Waals surface area (Å²) < 4.78 is 0. The van der Waals surface area contributed by atoms with Gasteiger partial charge in [0.05, 0.1) is 6.54 Å². The van der Waals surface area contributed by atoms with Crippen LogP contribution in [0.1, 0.15) is 18.4 Å². The molecule has 0 atom stereocenters. The van der Waals surface area contributed by atoms with Crippen molar-refractivity contribution in [1.82, 2.24) is 4.90 Å². The molecule has 0 bridgehead atoms. The average molecular weight is 201 g/mol. The van der Waals surface area contributed by atoms with Gasteiger partial charge in [-0.3, -0.25) is 5.41 Å². The molecule has 1 aromatic rings. The van der Waals surface area contributed by atoms with E-state index < -0.39 is 0 Å². The summed E-state index contributed by atoms with van der Waals surface area (Å²) in [5.41, 5.74) is 7.92. The van der Waals surface area contributed by atoms with E-state index >= 15 is 0 Å². The monoisotopic (exact) mass is 201 g/mol. The molecule has 1 aliphatic rings. The summed E-state index contributed by atoms with van der Waals surface area (Å²) >= 11 is 0. The molecule has 3 nitrogen and oxygen atoms in total. The highest BCUT2D eigenvalue weighted by atomic mass is 15.2. The molecule has 3 N–H and O–H groups in total. The zero-order valence-electron chi connectivity index (χ0n) is 8.61. The number of benzene rings is 1. The largest absolute Gasteiger partial charge is 0.370 e. The van der Waals surface area contributed by atoms with Gasteiger partial charge < -0.3 is 10.6 Å². The van der Waals surface area contributed by atoms with Crippen LogP contribution in [0, 0.1) is 5.41 Å². The van der Waals surface area contributed by atoms with Gasteiger partial charge in [-0.25, -0.2) is 0 Å². The molecule has 0 unspecified atom stereocenters. The Balaban J connectivity index is 2.11. The summed E-state index contributed by atoms with van der Waals surface area (Å²) in [7, 11) is 0. The fourth-order valence-electron chi connectivity index (χ4n) is 1.63. The maximum atomic E-state index is 7.53. The molecule has 1 aliphatic carbocycles. The summed E-state index contributed by atoms with van der Waals surface area (Å²) in [6.07, 6.45) is 4.27. The van der Waals surface area contributed by atoms with Crippen molar-refractivity contribution in [1.29, 1.82) is 5.41 Å². The lowest BCUT2D eigenvalue weighted by Gasteiger charge is -2.29. The zero-order chi connectivity index (χ0) is 10.7. The lowest BCUT2D eigenvalue weighted by atomic mass is 10.0. The zero-order valence-corrected chi connectivity index (χ0v) is 8.61. The first-order chi connectivity index (χ1) is 7.27. The Hall–Kier alpha value is -1.77. The Labute approximate surface area is 89.7 Å². The fraction of sp³-hybridized carbons (Fsp3) is 0.250. The fourth-order valence-corrected chi connectivity index (χ4v) is 1.63. The van der Waals surface area contributed by atoms with E-state index in [1.807, 2.05) is 23.1 Å². The topological polar surface area (TPSA) is 53.1 Å². The normalized spacial score (nSPS) is 14.0. The highest BCUT2D eigenvalue weighted by molar-refractivity contribution is 5.76. The SMILES string of the molecule is N=C(N)N(Cc1ccccc1)C1=CCC1. The van der Waals surface area contributed by atoms with Crippen molar-refractivity contribution in [3.63, 3.8) is 0 Å². The van der Waals surface area contributed by atoms with E-state index in [1.165, 1.54) is 11.3 Å². The average Bonchev–Trinajstić information content (AvgIpc) is 2.15. The molecule has 1 aromatic carbocycles. The van der Waals surface area contributed by atoms with Gasteiger partial charge in [-0.2, -0.15) is 0 Å². The van der Waals surface area contributed by atoms with Crippen molar-refractivity contribution in [2.45, 2.75) is 19.4 Å². The molecule has 0 heterocycles. The molecule has 0 radical (unpaired) electrons. The van der Waals surface area contributed by atoms with Crippen molar-refractivity contribution >= 4 is 5.96 Å². The highest BCUT2D eigenvalue weighted by Gasteiger charge is 2.16. The van der Waals surface area contributed by atoms with E-state index in [0.717, 1.165) is 12.8 Å². The third-order valence-corrected chi connectivity index (χ3v) is 2.60. The van der Waals surface area contributed by atoms with E-state index in [2.05, 4.69) is 18.2 Å². The van der Waals surface area contributed by atoms with Crippen LogP contribution < -0.4 is 5.73 Å².